The average Bonchev–Trinajstić information content (AvgIpc) is 3.20. The summed E-state index contributed by atoms with van der Waals surface area (Å²) in [5.74, 6) is 0.868. The molecule has 0 unspecified atom stereocenters. The van der Waals surface area contributed by atoms with Gasteiger partial charge >= 0.3 is 0 Å². The predicted octanol–water partition coefficient (Wildman–Crippen LogP) is 5.54. The number of nitrogens with zero attached hydrogens (tertiary/aromatic N) is 4. The molecule has 0 aromatic carbocycles. The molecule has 1 aliphatic heterocycles. The second kappa shape index (κ2) is 9.85. The SMILES string of the molecule is CCN1CN(C2CCC(CBr)CC2)c2c(cnc3c2ccn3COCC[Si](C)(C)C)C1=O. The number of halogens is 1. The largest absolute Gasteiger partial charge is 0.361 e. The molecule has 0 radical (unpaired) electrons. The number of fused-ring (bicyclic) bond motifs is 3. The Labute approximate surface area is 201 Å². The van der Waals surface area contributed by atoms with Crippen molar-refractivity contribution in [3.8, 4) is 0 Å². The minimum atomic E-state index is -1.11. The molecule has 0 saturated heterocycles. The molecule has 0 N–H and O–H groups in total. The third kappa shape index (κ3) is 4.92. The minimum absolute atomic E-state index is 0.0985. The van der Waals surface area contributed by atoms with Crippen molar-refractivity contribution >= 4 is 46.6 Å². The lowest BCUT2D eigenvalue weighted by Crippen LogP contribution is -2.51. The number of carbonyl (C=O) groups excluding carboxylic acids is 1. The first kappa shape index (κ1) is 23.8. The van der Waals surface area contributed by atoms with Gasteiger partial charge < -0.3 is 19.1 Å². The maximum Gasteiger partial charge on any atom is 0.258 e. The summed E-state index contributed by atoms with van der Waals surface area (Å²) in [6.07, 6.45) is 8.67. The van der Waals surface area contributed by atoms with Crippen molar-refractivity contribution in [1.82, 2.24) is 14.5 Å². The van der Waals surface area contributed by atoms with E-state index in [2.05, 4.69) is 64.2 Å². The number of amides is 1. The van der Waals surface area contributed by atoms with Crippen LogP contribution < -0.4 is 4.90 Å². The third-order valence-corrected chi connectivity index (χ3v) is 9.59. The van der Waals surface area contributed by atoms with E-state index >= 15 is 0 Å². The fourth-order valence-electron chi connectivity index (χ4n) is 4.88. The average molecular weight is 522 g/mol. The number of carbonyl (C=O) groups is 1. The highest BCUT2D eigenvalue weighted by Crippen LogP contribution is 2.39. The van der Waals surface area contributed by atoms with Crippen LogP contribution in [0.25, 0.3) is 11.0 Å². The Morgan fingerprint density at radius 1 is 1.22 bits per heavy atom. The summed E-state index contributed by atoms with van der Waals surface area (Å²) in [6, 6.07) is 3.74. The predicted molar refractivity (Wildman–Crippen MR) is 137 cm³/mol. The highest BCUT2D eigenvalue weighted by atomic mass is 79.9. The van der Waals surface area contributed by atoms with Crippen LogP contribution in [0.2, 0.25) is 25.7 Å². The van der Waals surface area contributed by atoms with Crippen molar-refractivity contribution in [1.29, 1.82) is 0 Å². The van der Waals surface area contributed by atoms with Crippen LogP contribution in [-0.4, -0.2) is 59.6 Å². The van der Waals surface area contributed by atoms with Gasteiger partial charge in [0.05, 0.1) is 17.9 Å². The van der Waals surface area contributed by atoms with E-state index in [1.54, 1.807) is 6.20 Å². The minimum Gasteiger partial charge on any atom is -0.361 e. The van der Waals surface area contributed by atoms with Gasteiger partial charge in [0.25, 0.3) is 5.91 Å². The number of rotatable bonds is 8. The smallest absolute Gasteiger partial charge is 0.258 e. The molecule has 3 heterocycles. The molecule has 32 heavy (non-hydrogen) atoms. The number of pyridine rings is 1. The van der Waals surface area contributed by atoms with E-state index in [1.165, 1.54) is 25.7 Å². The molecule has 4 rings (SSSR count). The maximum absolute atomic E-state index is 13.2. The van der Waals surface area contributed by atoms with Crippen LogP contribution in [0.1, 0.15) is 43.0 Å². The van der Waals surface area contributed by atoms with Gasteiger partial charge in [0.2, 0.25) is 0 Å². The summed E-state index contributed by atoms with van der Waals surface area (Å²) in [7, 11) is -1.11. The summed E-state index contributed by atoms with van der Waals surface area (Å²) >= 11 is 3.67. The Hall–Kier alpha value is -1.38. The van der Waals surface area contributed by atoms with E-state index < -0.39 is 8.07 Å². The van der Waals surface area contributed by atoms with E-state index in [0.29, 0.717) is 19.4 Å². The Balaban J connectivity index is 1.62. The molecular weight excluding hydrogens is 484 g/mol. The molecule has 0 atom stereocenters. The number of hydrogen-bond donors (Lipinski definition) is 0. The maximum atomic E-state index is 13.2. The van der Waals surface area contributed by atoms with Crippen molar-refractivity contribution in [2.45, 2.75) is 71.1 Å². The monoisotopic (exact) mass is 520 g/mol. The zero-order valence-corrected chi connectivity index (χ0v) is 22.5. The molecular formula is C24H37BrN4O2Si. The van der Waals surface area contributed by atoms with Crippen molar-refractivity contribution in [2.75, 3.05) is 30.1 Å². The number of aromatic nitrogens is 2. The van der Waals surface area contributed by atoms with Crippen molar-refractivity contribution in [3.05, 3.63) is 24.0 Å². The van der Waals surface area contributed by atoms with Gasteiger partial charge in [0, 0.05) is 50.4 Å². The summed E-state index contributed by atoms with van der Waals surface area (Å²) in [4.78, 5) is 22.3. The first-order valence-electron chi connectivity index (χ1n) is 12.0. The van der Waals surface area contributed by atoms with Gasteiger partial charge in [-0.05, 0) is 50.6 Å². The zero-order chi connectivity index (χ0) is 22.9. The Kier molecular flexibility index (Phi) is 7.32. The van der Waals surface area contributed by atoms with E-state index in [4.69, 9.17) is 9.72 Å². The van der Waals surface area contributed by atoms with E-state index in [-0.39, 0.29) is 5.91 Å². The topological polar surface area (TPSA) is 50.6 Å². The Morgan fingerprint density at radius 2 is 1.97 bits per heavy atom. The van der Waals surface area contributed by atoms with Gasteiger partial charge in [-0.15, -0.1) is 0 Å². The molecule has 8 heteroatoms. The zero-order valence-electron chi connectivity index (χ0n) is 19.9. The molecule has 0 spiro atoms. The highest BCUT2D eigenvalue weighted by Gasteiger charge is 2.36. The number of anilines is 1. The quantitative estimate of drug-likeness (QED) is 0.260. The van der Waals surface area contributed by atoms with Gasteiger partial charge in [-0.25, -0.2) is 4.98 Å². The molecule has 176 valence electrons. The van der Waals surface area contributed by atoms with Crippen molar-refractivity contribution in [2.24, 2.45) is 5.92 Å². The first-order chi connectivity index (χ1) is 15.3. The summed E-state index contributed by atoms with van der Waals surface area (Å²) in [5.41, 5.74) is 2.73. The van der Waals surface area contributed by atoms with Gasteiger partial charge in [-0.3, -0.25) is 4.79 Å². The number of alkyl halides is 1. The molecule has 1 fully saturated rings. The standard InChI is InChI=1S/C24H37BrN4O2Si/c1-5-27-16-29(19-8-6-18(14-25)7-9-19)22-20-10-11-28(17-31-12-13-32(2,3)4)23(20)26-15-21(22)24(27)30/h10-11,15,18-19H,5-9,12-14,16-17H2,1-4H3. The van der Waals surface area contributed by atoms with E-state index in [9.17, 15) is 4.79 Å². The summed E-state index contributed by atoms with van der Waals surface area (Å²) in [6.45, 7) is 11.8. The van der Waals surface area contributed by atoms with Gasteiger partial charge in [0.1, 0.15) is 12.4 Å². The first-order valence-corrected chi connectivity index (χ1v) is 16.8. The lowest BCUT2D eigenvalue weighted by atomic mass is 9.86. The van der Waals surface area contributed by atoms with Crippen molar-refractivity contribution < 1.29 is 9.53 Å². The molecule has 1 aliphatic carbocycles. The van der Waals surface area contributed by atoms with Crippen LogP contribution in [0.5, 0.6) is 0 Å². The normalized spacial score (nSPS) is 22.0. The molecule has 6 nitrogen and oxygen atoms in total. The van der Waals surface area contributed by atoms with Crippen LogP contribution in [0.4, 0.5) is 5.69 Å². The highest BCUT2D eigenvalue weighted by molar-refractivity contribution is 9.09. The van der Waals surface area contributed by atoms with Gasteiger partial charge in [0.15, 0.2) is 0 Å². The second-order valence-electron chi connectivity index (χ2n) is 10.5. The molecule has 1 amide bonds. The Bertz CT molecular complexity index is 949. The molecule has 2 aromatic rings. The second-order valence-corrected chi connectivity index (χ2v) is 16.8. The Morgan fingerprint density at radius 3 is 2.62 bits per heavy atom. The molecule has 2 aromatic heterocycles. The fourth-order valence-corrected chi connectivity index (χ4v) is 6.28. The number of ether oxygens (including phenoxy) is 1. The summed E-state index contributed by atoms with van der Waals surface area (Å²) in [5, 5.41) is 2.16. The van der Waals surface area contributed by atoms with Gasteiger partial charge in [-0.2, -0.15) is 0 Å². The lowest BCUT2D eigenvalue weighted by molar-refractivity contribution is 0.0741. The molecule has 2 aliphatic rings. The third-order valence-electron chi connectivity index (χ3n) is 6.97. The van der Waals surface area contributed by atoms with E-state index in [0.717, 1.165) is 52.7 Å². The summed E-state index contributed by atoms with van der Waals surface area (Å²) < 4.78 is 8.07. The van der Waals surface area contributed by atoms with Crippen LogP contribution in [0, 0.1) is 5.92 Å². The fraction of sp³-hybridized carbons (Fsp3) is 0.667. The van der Waals surface area contributed by atoms with Crippen LogP contribution >= 0.6 is 15.9 Å². The molecule has 1 saturated carbocycles. The van der Waals surface area contributed by atoms with Crippen LogP contribution in [0.3, 0.4) is 0 Å². The number of hydrogen-bond acceptors (Lipinski definition) is 4. The van der Waals surface area contributed by atoms with Crippen molar-refractivity contribution in [3.63, 3.8) is 0 Å². The van der Waals surface area contributed by atoms with Crippen LogP contribution in [-0.2, 0) is 11.5 Å². The lowest BCUT2D eigenvalue weighted by Gasteiger charge is -2.44. The molecule has 0 bridgehead atoms. The van der Waals surface area contributed by atoms with E-state index in [1.807, 2.05) is 4.90 Å². The van der Waals surface area contributed by atoms with Crippen LogP contribution in [0.15, 0.2) is 18.5 Å². The van der Waals surface area contributed by atoms with Gasteiger partial charge in [-0.1, -0.05) is 35.6 Å².